The van der Waals surface area contributed by atoms with Crippen LogP contribution in [0.3, 0.4) is 0 Å². The Morgan fingerprint density at radius 3 is 2.46 bits per heavy atom. The van der Waals surface area contributed by atoms with Crippen molar-refractivity contribution in [2.45, 2.75) is 26.3 Å². The number of amides is 1. The minimum atomic E-state index is -0.612. The third-order valence-corrected chi connectivity index (χ3v) is 6.95. The van der Waals surface area contributed by atoms with Crippen LogP contribution >= 0.6 is 15.9 Å². The Balaban J connectivity index is 1.98. The minimum Gasteiger partial charge on any atom is -0.497 e. The number of fused-ring (bicyclic) bond motifs is 1. The molecule has 3 aromatic carbocycles. The van der Waals surface area contributed by atoms with Gasteiger partial charge in [0.05, 0.1) is 41.3 Å². The van der Waals surface area contributed by atoms with Gasteiger partial charge in [-0.15, -0.1) is 0 Å². The Morgan fingerprint density at radius 1 is 1.11 bits per heavy atom. The van der Waals surface area contributed by atoms with Crippen LogP contribution in [0.25, 0.3) is 16.6 Å². The van der Waals surface area contributed by atoms with Gasteiger partial charge in [0.1, 0.15) is 23.1 Å². The van der Waals surface area contributed by atoms with E-state index in [1.807, 2.05) is 19.9 Å². The molecule has 4 aromatic rings. The number of hydrogen-bond acceptors (Lipinski definition) is 5. The number of carbonyl (C=O) groups excluding carboxylic acids is 1. The van der Waals surface area contributed by atoms with Crippen molar-refractivity contribution in [3.8, 4) is 17.2 Å². The van der Waals surface area contributed by atoms with E-state index < -0.39 is 11.9 Å². The van der Waals surface area contributed by atoms with Crippen LogP contribution in [-0.4, -0.2) is 41.1 Å². The summed E-state index contributed by atoms with van der Waals surface area (Å²) in [6.45, 7) is 4.19. The number of nitrogens with zero attached hydrogens (tertiary/aromatic N) is 3. The number of ether oxygens (including phenoxy) is 2. The van der Waals surface area contributed by atoms with Gasteiger partial charge in [-0.3, -0.25) is 14.2 Å². The molecule has 0 N–H and O–H groups in total. The van der Waals surface area contributed by atoms with E-state index in [1.165, 1.54) is 43.1 Å². The van der Waals surface area contributed by atoms with Crippen LogP contribution in [0.2, 0.25) is 0 Å². The molecule has 7 nitrogen and oxygen atoms in total. The first kappa shape index (κ1) is 26.3. The van der Waals surface area contributed by atoms with E-state index in [4.69, 9.17) is 14.5 Å². The summed E-state index contributed by atoms with van der Waals surface area (Å²) in [6, 6.07) is 15.3. The summed E-state index contributed by atoms with van der Waals surface area (Å²) >= 11 is 3.58. The van der Waals surface area contributed by atoms with Crippen LogP contribution in [0.4, 0.5) is 4.39 Å². The Bertz CT molecular complexity index is 1500. The number of rotatable bonds is 8. The molecule has 1 amide bonds. The molecule has 9 heteroatoms. The van der Waals surface area contributed by atoms with Gasteiger partial charge in [-0.25, -0.2) is 9.37 Å². The van der Waals surface area contributed by atoms with Gasteiger partial charge in [0.25, 0.3) is 11.5 Å². The molecular weight excluding hydrogens is 541 g/mol. The van der Waals surface area contributed by atoms with E-state index >= 15 is 0 Å². The number of hydrogen-bond donors (Lipinski definition) is 0. The molecule has 0 saturated carbocycles. The molecule has 4 rings (SSSR count). The maximum Gasteiger partial charge on any atom is 0.266 e. The highest BCUT2D eigenvalue weighted by Crippen LogP contribution is 2.37. The van der Waals surface area contributed by atoms with Crippen LogP contribution in [0.15, 0.2) is 69.9 Å². The molecule has 0 fully saturated rings. The van der Waals surface area contributed by atoms with Crippen molar-refractivity contribution in [1.82, 2.24) is 14.5 Å². The minimum absolute atomic E-state index is 0.286. The van der Waals surface area contributed by atoms with E-state index in [9.17, 15) is 14.0 Å². The maximum absolute atomic E-state index is 13.9. The standard InChI is InChI=1S/C28H27BrFN3O4/c1-5-14-32(27(34)18-10-12-19(30)13-11-18)17(2)26-31-22-9-7-6-8-21(22)28(35)33(26)23-15-20(36-3)16-24(37-4)25(23)29/h6-13,15-17H,5,14H2,1-4H3. The van der Waals surface area contributed by atoms with E-state index in [1.54, 1.807) is 35.2 Å². The highest BCUT2D eigenvalue weighted by Gasteiger charge is 2.28. The van der Waals surface area contributed by atoms with Crippen LogP contribution in [-0.2, 0) is 0 Å². The van der Waals surface area contributed by atoms with Gasteiger partial charge in [0, 0.05) is 24.2 Å². The Kier molecular flexibility index (Phi) is 7.92. The van der Waals surface area contributed by atoms with Gasteiger partial charge in [0.2, 0.25) is 0 Å². The average Bonchev–Trinajstić information content (AvgIpc) is 2.92. The topological polar surface area (TPSA) is 73.7 Å². The van der Waals surface area contributed by atoms with Crippen molar-refractivity contribution in [2.24, 2.45) is 0 Å². The smallest absolute Gasteiger partial charge is 0.266 e. The number of halogens is 2. The van der Waals surface area contributed by atoms with E-state index in [2.05, 4.69) is 15.9 Å². The van der Waals surface area contributed by atoms with Gasteiger partial charge < -0.3 is 14.4 Å². The largest absolute Gasteiger partial charge is 0.497 e. The Hall–Kier alpha value is -3.72. The zero-order valence-electron chi connectivity index (χ0n) is 21.0. The highest BCUT2D eigenvalue weighted by atomic mass is 79.9. The molecule has 0 aliphatic heterocycles. The summed E-state index contributed by atoms with van der Waals surface area (Å²) in [5.41, 5.74) is 1.03. The first-order valence-corrected chi connectivity index (χ1v) is 12.6. The third-order valence-electron chi connectivity index (χ3n) is 6.15. The monoisotopic (exact) mass is 567 g/mol. The fraction of sp³-hybridized carbons (Fsp3) is 0.250. The summed E-state index contributed by atoms with van der Waals surface area (Å²) in [5, 5.41) is 0.430. The number of methoxy groups -OCH3 is 2. The molecule has 0 bridgehead atoms. The number of benzene rings is 3. The molecule has 0 spiro atoms. The van der Waals surface area contributed by atoms with E-state index in [0.717, 1.165) is 0 Å². The fourth-order valence-electron chi connectivity index (χ4n) is 4.26. The third kappa shape index (κ3) is 5.09. The van der Waals surface area contributed by atoms with Crippen LogP contribution in [0.5, 0.6) is 11.5 Å². The molecule has 37 heavy (non-hydrogen) atoms. The molecule has 192 valence electrons. The molecule has 0 saturated heterocycles. The van der Waals surface area contributed by atoms with Crippen molar-refractivity contribution in [3.63, 3.8) is 0 Å². The molecular formula is C28H27BrFN3O4. The van der Waals surface area contributed by atoms with Gasteiger partial charge in [-0.05, 0) is 65.7 Å². The lowest BCUT2D eigenvalue weighted by molar-refractivity contribution is 0.0681. The maximum atomic E-state index is 13.9. The predicted octanol–water partition coefficient (Wildman–Crippen LogP) is 5.92. The Labute approximate surface area is 222 Å². The van der Waals surface area contributed by atoms with Crippen molar-refractivity contribution >= 4 is 32.7 Å². The molecule has 1 unspecified atom stereocenters. The molecule has 1 aromatic heterocycles. The summed E-state index contributed by atoms with van der Waals surface area (Å²) < 4.78 is 26.5. The lowest BCUT2D eigenvalue weighted by atomic mass is 10.1. The fourth-order valence-corrected chi connectivity index (χ4v) is 4.83. The lowest BCUT2D eigenvalue weighted by Gasteiger charge is -2.30. The summed E-state index contributed by atoms with van der Waals surface area (Å²) in [6.07, 6.45) is 0.672. The van der Waals surface area contributed by atoms with E-state index in [0.29, 0.717) is 56.9 Å². The van der Waals surface area contributed by atoms with E-state index in [-0.39, 0.29) is 11.5 Å². The van der Waals surface area contributed by atoms with Crippen molar-refractivity contribution in [2.75, 3.05) is 20.8 Å². The van der Waals surface area contributed by atoms with Gasteiger partial charge in [-0.1, -0.05) is 19.1 Å². The van der Waals surface area contributed by atoms with Crippen molar-refractivity contribution in [1.29, 1.82) is 0 Å². The molecule has 0 aliphatic rings. The lowest BCUT2D eigenvalue weighted by Crippen LogP contribution is -2.38. The van der Waals surface area contributed by atoms with Gasteiger partial charge >= 0.3 is 0 Å². The van der Waals surface area contributed by atoms with Crippen molar-refractivity contribution < 1.29 is 18.7 Å². The SMILES string of the molecule is CCCN(C(=O)c1ccc(F)cc1)C(C)c1nc2ccccc2c(=O)n1-c1cc(OC)cc(OC)c1Br. The molecule has 1 atom stereocenters. The first-order chi connectivity index (χ1) is 17.8. The quantitative estimate of drug-likeness (QED) is 0.264. The summed E-state index contributed by atoms with van der Waals surface area (Å²) in [7, 11) is 3.06. The number of carbonyl (C=O) groups is 1. The summed E-state index contributed by atoms with van der Waals surface area (Å²) in [4.78, 5) is 34.0. The van der Waals surface area contributed by atoms with Crippen molar-refractivity contribution in [3.05, 3.63) is 92.7 Å². The number of para-hydroxylation sites is 1. The zero-order chi connectivity index (χ0) is 26.7. The van der Waals surface area contributed by atoms with Crippen LogP contribution in [0, 0.1) is 5.82 Å². The van der Waals surface area contributed by atoms with Gasteiger partial charge in [-0.2, -0.15) is 0 Å². The Morgan fingerprint density at radius 2 is 1.81 bits per heavy atom. The predicted molar refractivity (Wildman–Crippen MR) is 144 cm³/mol. The highest BCUT2D eigenvalue weighted by molar-refractivity contribution is 9.10. The second kappa shape index (κ2) is 11.1. The van der Waals surface area contributed by atoms with Crippen LogP contribution in [0.1, 0.15) is 42.5 Å². The first-order valence-electron chi connectivity index (χ1n) is 11.8. The average molecular weight is 568 g/mol. The summed E-state index contributed by atoms with van der Waals surface area (Å²) in [5.74, 6) is 0.616. The molecule has 0 aliphatic carbocycles. The zero-order valence-corrected chi connectivity index (χ0v) is 22.6. The second-order valence-electron chi connectivity index (χ2n) is 8.47. The number of aromatic nitrogens is 2. The molecule has 0 radical (unpaired) electrons. The van der Waals surface area contributed by atoms with Crippen LogP contribution < -0.4 is 15.0 Å². The van der Waals surface area contributed by atoms with Gasteiger partial charge in [0.15, 0.2) is 0 Å². The second-order valence-corrected chi connectivity index (χ2v) is 9.26. The molecule has 1 heterocycles. The normalized spacial score (nSPS) is 11.8.